The number of ether oxygens (including phenoxy) is 3. The maximum absolute atomic E-state index is 13.0. The quantitative estimate of drug-likeness (QED) is 0.274. The van der Waals surface area contributed by atoms with Crippen LogP contribution in [0.2, 0.25) is 0 Å². The Kier molecular flexibility index (Phi) is 9.85. The summed E-state index contributed by atoms with van der Waals surface area (Å²) < 4.78 is 54.4. The van der Waals surface area contributed by atoms with Gasteiger partial charge in [0.15, 0.2) is 0 Å². The van der Waals surface area contributed by atoms with E-state index in [1.165, 1.54) is 55.6 Å². The minimum Gasteiger partial charge on any atom is -0.431 e. The lowest BCUT2D eigenvalue weighted by atomic mass is 10.1. The molecule has 0 aliphatic carbocycles. The predicted molar refractivity (Wildman–Crippen MR) is 132 cm³/mol. The summed E-state index contributed by atoms with van der Waals surface area (Å²) in [5, 5.41) is 2.70. The van der Waals surface area contributed by atoms with E-state index in [4.69, 9.17) is 14.2 Å². The standard InChI is InChI=1S/C25H24FN3O8S/c1-35-14-15-36-25(32)37-22-11-6-19(16-28-22)24(31)29-38(33,34)21-9-2-17(3-10-21)12-13-27-23(30)18-4-7-20(26)8-5-18/h2-11,16H,12-15H2,1H3,(H,27,30)(H,29,31). The molecule has 1 aromatic heterocycles. The van der Waals surface area contributed by atoms with E-state index in [2.05, 4.69) is 10.3 Å². The number of hydrogen-bond acceptors (Lipinski definition) is 9. The van der Waals surface area contributed by atoms with Crippen LogP contribution >= 0.6 is 0 Å². The van der Waals surface area contributed by atoms with Crippen molar-refractivity contribution in [3.63, 3.8) is 0 Å². The van der Waals surface area contributed by atoms with E-state index >= 15 is 0 Å². The van der Waals surface area contributed by atoms with Gasteiger partial charge in [-0.05, 0) is 54.4 Å². The number of nitrogens with zero attached hydrogens (tertiary/aromatic N) is 1. The lowest BCUT2D eigenvalue weighted by Crippen LogP contribution is -2.30. The van der Waals surface area contributed by atoms with Gasteiger partial charge in [-0.25, -0.2) is 27.3 Å². The minimum absolute atomic E-state index is 0.0112. The molecule has 2 aromatic carbocycles. The van der Waals surface area contributed by atoms with Gasteiger partial charge in [-0.3, -0.25) is 9.59 Å². The fourth-order valence-corrected chi connectivity index (χ4v) is 3.97. The van der Waals surface area contributed by atoms with E-state index < -0.39 is 27.9 Å². The SMILES string of the molecule is COCCOC(=O)Oc1ccc(C(=O)NS(=O)(=O)c2ccc(CCNC(=O)c3ccc(F)cc3)cc2)cn1. The predicted octanol–water partition coefficient (Wildman–Crippen LogP) is 2.47. The van der Waals surface area contributed by atoms with Crippen molar-refractivity contribution < 1.29 is 41.4 Å². The first-order chi connectivity index (χ1) is 18.2. The number of sulfonamides is 1. The van der Waals surface area contributed by atoms with Crippen LogP contribution in [0.25, 0.3) is 0 Å². The molecule has 0 aliphatic rings. The van der Waals surface area contributed by atoms with Crippen LogP contribution in [-0.4, -0.2) is 58.2 Å². The number of halogens is 1. The molecule has 0 spiro atoms. The molecular formula is C25H24FN3O8S. The highest BCUT2D eigenvalue weighted by Crippen LogP contribution is 2.13. The minimum atomic E-state index is -4.18. The highest BCUT2D eigenvalue weighted by Gasteiger charge is 2.19. The average Bonchev–Trinajstić information content (AvgIpc) is 2.89. The third kappa shape index (κ3) is 8.35. The number of methoxy groups -OCH3 is 1. The maximum atomic E-state index is 13.0. The van der Waals surface area contributed by atoms with Crippen molar-refractivity contribution in [1.29, 1.82) is 0 Å². The lowest BCUT2D eigenvalue weighted by Gasteiger charge is -2.09. The number of carbonyl (C=O) groups is 3. The Labute approximate surface area is 218 Å². The zero-order valence-electron chi connectivity index (χ0n) is 20.2. The molecular weight excluding hydrogens is 521 g/mol. The van der Waals surface area contributed by atoms with E-state index in [0.717, 1.165) is 11.8 Å². The summed E-state index contributed by atoms with van der Waals surface area (Å²) in [7, 11) is -2.74. The van der Waals surface area contributed by atoms with Gasteiger partial charge in [-0.15, -0.1) is 0 Å². The number of pyridine rings is 1. The van der Waals surface area contributed by atoms with Gasteiger partial charge >= 0.3 is 6.16 Å². The highest BCUT2D eigenvalue weighted by molar-refractivity contribution is 7.90. The number of hydrogen-bond donors (Lipinski definition) is 2. The number of amides is 2. The van der Waals surface area contributed by atoms with E-state index in [0.29, 0.717) is 12.0 Å². The first kappa shape index (κ1) is 28.2. The summed E-state index contributed by atoms with van der Waals surface area (Å²) in [5.41, 5.74) is 0.985. The van der Waals surface area contributed by atoms with Crippen LogP contribution in [0.15, 0.2) is 71.8 Å². The normalized spacial score (nSPS) is 10.9. The molecule has 2 amide bonds. The smallest absolute Gasteiger partial charge is 0.431 e. The molecule has 0 fully saturated rings. The summed E-state index contributed by atoms with van der Waals surface area (Å²) >= 11 is 0. The Hall–Kier alpha value is -4.36. The fourth-order valence-electron chi connectivity index (χ4n) is 3.00. The highest BCUT2D eigenvalue weighted by atomic mass is 32.2. The van der Waals surface area contributed by atoms with Gasteiger partial charge < -0.3 is 19.5 Å². The van der Waals surface area contributed by atoms with Gasteiger partial charge in [0.2, 0.25) is 5.88 Å². The van der Waals surface area contributed by atoms with Crippen LogP contribution in [0, 0.1) is 5.82 Å². The summed E-state index contributed by atoms with van der Waals surface area (Å²) in [6, 6.07) is 13.4. The van der Waals surface area contributed by atoms with Crippen LogP contribution in [0.3, 0.4) is 0 Å². The molecule has 11 nitrogen and oxygen atoms in total. The molecule has 0 atom stereocenters. The number of rotatable bonds is 11. The van der Waals surface area contributed by atoms with Crippen molar-refractivity contribution in [1.82, 2.24) is 15.0 Å². The van der Waals surface area contributed by atoms with E-state index in [9.17, 15) is 27.2 Å². The van der Waals surface area contributed by atoms with Crippen molar-refractivity contribution >= 4 is 28.0 Å². The third-order valence-electron chi connectivity index (χ3n) is 4.96. The monoisotopic (exact) mass is 545 g/mol. The van der Waals surface area contributed by atoms with Crippen LogP contribution in [0.1, 0.15) is 26.3 Å². The first-order valence-electron chi connectivity index (χ1n) is 11.2. The molecule has 1 heterocycles. The summed E-state index contributed by atoms with van der Waals surface area (Å²) in [4.78, 5) is 39.6. The van der Waals surface area contributed by atoms with Gasteiger partial charge in [0.25, 0.3) is 21.8 Å². The topological polar surface area (TPSA) is 150 Å². The molecule has 13 heteroatoms. The maximum Gasteiger partial charge on any atom is 0.515 e. The van der Waals surface area contributed by atoms with Crippen molar-refractivity contribution in [2.45, 2.75) is 11.3 Å². The van der Waals surface area contributed by atoms with Crippen molar-refractivity contribution in [3.8, 4) is 5.88 Å². The molecule has 0 saturated carbocycles. The number of carbonyl (C=O) groups excluding carboxylic acids is 3. The Bertz CT molecular complexity index is 1360. The summed E-state index contributed by atoms with van der Waals surface area (Å²) in [5.74, 6) is -1.87. The first-order valence-corrected chi connectivity index (χ1v) is 12.7. The van der Waals surface area contributed by atoms with Crippen molar-refractivity contribution in [2.24, 2.45) is 0 Å². The molecule has 0 unspecified atom stereocenters. The molecule has 0 bridgehead atoms. The number of aromatic nitrogens is 1. The second kappa shape index (κ2) is 13.3. The van der Waals surface area contributed by atoms with Crippen LogP contribution in [0.5, 0.6) is 5.88 Å². The van der Waals surface area contributed by atoms with Gasteiger partial charge in [0, 0.05) is 31.5 Å². The Morgan fingerprint density at radius 1 is 0.895 bits per heavy atom. The van der Waals surface area contributed by atoms with Crippen molar-refractivity contribution in [3.05, 3.63) is 89.4 Å². The van der Waals surface area contributed by atoms with Gasteiger partial charge in [-0.2, -0.15) is 0 Å². The number of nitrogens with one attached hydrogen (secondary N) is 2. The van der Waals surface area contributed by atoms with Crippen molar-refractivity contribution in [2.75, 3.05) is 26.9 Å². The second-order valence-corrected chi connectivity index (χ2v) is 9.35. The van der Waals surface area contributed by atoms with Gasteiger partial charge in [0.1, 0.15) is 12.4 Å². The van der Waals surface area contributed by atoms with Crippen LogP contribution < -0.4 is 14.8 Å². The molecule has 200 valence electrons. The third-order valence-corrected chi connectivity index (χ3v) is 6.31. The lowest BCUT2D eigenvalue weighted by molar-refractivity contribution is 0.0675. The number of benzene rings is 2. The van der Waals surface area contributed by atoms with Gasteiger partial charge in [-0.1, -0.05) is 12.1 Å². The molecule has 0 radical (unpaired) electrons. The Morgan fingerprint density at radius 3 is 2.21 bits per heavy atom. The van der Waals surface area contributed by atoms with E-state index in [1.807, 2.05) is 4.72 Å². The zero-order chi connectivity index (χ0) is 27.5. The largest absolute Gasteiger partial charge is 0.515 e. The van der Waals surface area contributed by atoms with E-state index in [1.54, 1.807) is 12.1 Å². The van der Waals surface area contributed by atoms with Crippen LogP contribution in [-0.2, 0) is 25.9 Å². The fraction of sp³-hybridized carbons (Fsp3) is 0.200. The Morgan fingerprint density at radius 2 is 1.58 bits per heavy atom. The molecule has 3 rings (SSSR count). The zero-order valence-corrected chi connectivity index (χ0v) is 21.0. The molecule has 0 saturated heterocycles. The average molecular weight is 546 g/mol. The molecule has 0 aliphatic heterocycles. The Balaban J connectivity index is 1.50. The summed E-state index contributed by atoms with van der Waals surface area (Å²) in [6.07, 6.45) is 0.457. The second-order valence-electron chi connectivity index (χ2n) is 7.67. The van der Waals surface area contributed by atoms with E-state index in [-0.39, 0.29) is 42.0 Å². The molecule has 2 N–H and O–H groups in total. The van der Waals surface area contributed by atoms with Crippen LogP contribution in [0.4, 0.5) is 9.18 Å². The molecule has 3 aromatic rings. The summed E-state index contributed by atoms with van der Waals surface area (Å²) in [6.45, 7) is 0.454. The molecule has 38 heavy (non-hydrogen) atoms. The van der Waals surface area contributed by atoms with Gasteiger partial charge in [0.05, 0.1) is 17.1 Å².